The minimum absolute atomic E-state index is 0.00306. The van der Waals surface area contributed by atoms with E-state index in [-0.39, 0.29) is 18.0 Å². The molecule has 0 aliphatic heterocycles. The van der Waals surface area contributed by atoms with E-state index in [9.17, 15) is 27.9 Å². The lowest BCUT2D eigenvalue weighted by Crippen LogP contribution is -2.63. The zero-order valence-electron chi connectivity index (χ0n) is 15.5. The number of carbonyl (C=O) groups excluding carboxylic acids is 1. The summed E-state index contributed by atoms with van der Waals surface area (Å²) in [5.74, 6) is -1.17. The van der Waals surface area contributed by atoms with Crippen LogP contribution in [0.4, 0.5) is 23.7 Å². The molecule has 0 saturated heterocycles. The Bertz CT molecular complexity index is 649. The maximum atomic E-state index is 12.6. The smallest absolute Gasteiger partial charge is 0.416 e. The molecular weight excluding hydrogens is 349 g/mol. The van der Waals surface area contributed by atoms with Gasteiger partial charge < -0.3 is 15.7 Å². The van der Waals surface area contributed by atoms with Gasteiger partial charge in [0.1, 0.15) is 5.54 Å². The number of halogens is 3. The first-order chi connectivity index (χ1) is 11.7. The molecule has 8 heteroatoms. The van der Waals surface area contributed by atoms with Crippen LogP contribution in [0.25, 0.3) is 0 Å². The highest BCUT2D eigenvalue weighted by Crippen LogP contribution is 2.36. The third kappa shape index (κ3) is 5.12. The van der Waals surface area contributed by atoms with Crippen LogP contribution in [0.3, 0.4) is 0 Å². The Kier molecular flexibility index (Phi) is 6.33. The Morgan fingerprint density at radius 2 is 1.58 bits per heavy atom. The predicted octanol–water partition coefficient (Wildman–Crippen LogP) is 4.74. The molecule has 1 aromatic rings. The summed E-state index contributed by atoms with van der Waals surface area (Å²) >= 11 is 0. The summed E-state index contributed by atoms with van der Waals surface area (Å²) in [6, 6.07) is 3.13. The molecule has 1 rings (SSSR count). The van der Waals surface area contributed by atoms with Crippen LogP contribution in [-0.4, -0.2) is 22.6 Å². The molecular formula is C18H25F3N2O3. The maximum absolute atomic E-state index is 12.6. The number of carbonyl (C=O) groups is 2. The number of anilines is 1. The van der Waals surface area contributed by atoms with Crippen LogP contribution in [0.15, 0.2) is 24.3 Å². The van der Waals surface area contributed by atoms with E-state index in [4.69, 9.17) is 0 Å². The lowest BCUT2D eigenvalue weighted by Gasteiger charge is -2.42. The first kappa shape index (κ1) is 21.8. The number of hydrogen-bond donors (Lipinski definition) is 3. The number of carboxylic acids is 1. The van der Waals surface area contributed by atoms with Gasteiger partial charge >= 0.3 is 18.2 Å². The van der Waals surface area contributed by atoms with Gasteiger partial charge in [-0.1, -0.05) is 34.6 Å². The van der Waals surface area contributed by atoms with Gasteiger partial charge in [-0.05, 0) is 42.0 Å². The number of carboxylic acid groups (broad SMARTS) is 1. The zero-order chi connectivity index (χ0) is 20.3. The van der Waals surface area contributed by atoms with Crippen LogP contribution < -0.4 is 10.6 Å². The zero-order valence-corrected chi connectivity index (χ0v) is 15.5. The highest BCUT2D eigenvalue weighted by atomic mass is 19.4. The molecule has 0 aliphatic carbocycles. The average molecular weight is 374 g/mol. The van der Waals surface area contributed by atoms with Crippen LogP contribution in [0.1, 0.15) is 46.6 Å². The van der Waals surface area contributed by atoms with E-state index in [1.807, 2.05) is 13.8 Å². The molecule has 0 saturated carbocycles. The Morgan fingerprint density at radius 1 is 1.08 bits per heavy atom. The van der Waals surface area contributed by atoms with Crippen LogP contribution >= 0.6 is 0 Å². The lowest BCUT2D eigenvalue weighted by atomic mass is 9.69. The third-order valence-electron chi connectivity index (χ3n) is 4.16. The minimum Gasteiger partial charge on any atom is -0.479 e. The number of amides is 2. The summed E-state index contributed by atoms with van der Waals surface area (Å²) in [4.78, 5) is 24.3. The molecule has 0 fully saturated rings. The minimum atomic E-state index is -4.47. The van der Waals surface area contributed by atoms with Crippen molar-refractivity contribution in [2.24, 2.45) is 11.3 Å². The summed E-state index contributed by atoms with van der Waals surface area (Å²) in [7, 11) is 0. The van der Waals surface area contributed by atoms with Gasteiger partial charge in [-0.3, -0.25) is 0 Å². The van der Waals surface area contributed by atoms with Gasteiger partial charge in [0.15, 0.2) is 0 Å². The van der Waals surface area contributed by atoms with Crippen molar-refractivity contribution < 1.29 is 27.9 Å². The molecule has 0 unspecified atom stereocenters. The monoisotopic (exact) mass is 374 g/mol. The molecule has 0 aliphatic rings. The van der Waals surface area contributed by atoms with E-state index in [1.54, 1.807) is 20.8 Å². The van der Waals surface area contributed by atoms with Crippen LogP contribution in [0.5, 0.6) is 0 Å². The van der Waals surface area contributed by atoms with Crippen molar-refractivity contribution in [2.75, 3.05) is 5.32 Å². The quantitative estimate of drug-likeness (QED) is 0.696. The molecule has 5 nitrogen and oxygen atoms in total. The van der Waals surface area contributed by atoms with Gasteiger partial charge in [0.2, 0.25) is 0 Å². The third-order valence-corrected chi connectivity index (χ3v) is 4.16. The molecule has 146 valence electrons. The number of rotatable bonds is 5. The van der Waals surface area contributed by atoms with Crippen LogP contribution in [0.2, 0.25) is 0 Å². The fourth-order valence-electron chi connectivity index (χ4n) is 2.72. The SMILES string of the molecule is CC(C)C[C@@](NC(=O)Nc1ccc(C(F)(F)F)cc1)(C(=O)O)C(C)(C)C. The van der Waals surface area contributed by atoms with Crippen molar-refractivity contribution in [3.63, 3.8) is 0 Å². The Hall–Kier alpha value is -2.25. The van der Waals surface area contributed by atoms with Crippen molar-refractivity contribution >= 4 is 17.7 Å². The molecule has 0 radical (unpaired) electrons. The standard InChI is InChI=1S/C18H25F3N2O3/c1-11(2)10-17(14(24)25,16(3,4)5)23-15(26)22-13-8-6-12(7-9-13)18(19,20)21/h6-9,11H,10H2,1-5H3,(H,24,25)(H2,22,23,26)/t17-/m1/s1. The molecule has 26 heavy (non-hydrogen) atoms. The van der Waals surface area contributed by atoms with E-state index >= 15 is 0 Å². The molecule has 0 spiro atoms. The molecule has 1 atom stereocenters. The highest BCUT2D eigenvalue weighted by Gasteiger charge is 2.50. The summed E-state index contributed by atoms with van der Waals surface area (Å²) in [5, 5.41) is 14.7. The number of hydrogen-bond acceptors (Lipinski definition) is 2. The number of urea groups is 1. The summed E-state index contributed by atoms with van der Waals surface area (Å²) in [5.41, 5.74) is -3.02. The summed E-state index contributed by atoms with van der Waals surface area (Å²) in [6.07, 6.45) is -4.27. The molecule has 0 aromatic heterocycles. The Morgan fingerprint density at radius 3 is 1.92 bits per heavy atom. The van der Waals surface area contributed by atoms with E-state index in [0.717, 1.165) is 24.3 Å². The second-order valence-electron chi connectivity index (χ2n) is 7.71. The van der Waals surface area contributed by atoms with Crippen molar-refractivity contribution in [2.45, 2.75) is 52.8 Å². The molecule has 1 aromatic carbocycles. The number of nitrogens with one attached hydrogen (secondary N) is 2. The van der Waals surface area contributed by atoms with E-state index in [0.29, 0.717) is 0 Å². The first-order valence-corrected chi connectivity index (χ1v) is 8.19. The summed E-state index contributed by atoms with van der Waals surface area (Å²) < 4.78 is 37.7. The van der Waals surface area contributed by atoms with Crippen molar-refractivity contribution in [3.05, 3.63) is 29.8 Å². The molecule has 0 heterocycles. The Labute approximate surface area is 151 Å². The lowest BCUT2D eigenvalue weighted by molar-refractivity contribution is -0.150. The van der Waals surface area contributed by atoms with Gasteiger partial charge in [-0.2, -0.15) is 13.2 Å². The second-order valence-corrected chi connectivity index (χ2v) is 7.71. The van der Waals surface area contributed by atoms with E-state index < -0.39 is 34.7 Å². The summed E-state index contributed by atoms with van der Waals surface area (Å²) in [6.45, 7) is 8.82. The normalized spacial score (nSPS) is 14.7. The average Bonchev–Trinajstić information content (AvgIpc) is 2.44. The topological polar surface area (TPSA) is 78.4 Å². The molecule has 3 N–H and O–H groups in total. The second kappa shape index (κ2) is 7.55. The van der Waals surface area contributed by atoms with Crippen molar-refractivity contribution in [1.82, 2.24) is 5.32 Å². The van der Waals surface area contributed by atoms with Crippen molar-refractivity contribution in [1.29, 1.82) is 0 Å². The van der Waals surface area contributed by atoms with E-state index in [2.05, 4.69) is 10.6 Å². The highest BCUT2D eigenvalue weighted by molar-refractivity contribution is 5.94. The van der Waals surface area contributed by atoms with Gasteiger partial charge in [0, 0.05) is 5.69 Å². The largest absolute Gasteiger partial charge is 0.479 e. The first-order valence-electron chi connectivity index (χ1n) is 8.19. The van der Waals surface area contributed by atoms with Crippen molar-refractivity contribution in [3.8, 4) is 0 Å². The van der Waals surface area contributed by atoms with Gasteiger partial charge in [0.05, 0.1) is 5.56 Å². The maximum Gasteiger partial charge on any atom is 0.416 e. The van der Waals surface area contributed by atoms with Crippen LogP contribution in [-0.2, 0) is 11.0 Å². The number of benzene rings is 1. The van der Waals surface area contributed by atoms with Gasteiger partial charge in [-0.25, -0.2) is 9.59 Å². The Balaban J connectivity index is 3.02. The van der Waals surface area contributed by atoms with Gasteiger partial charge in [-0.15, -0.1) is 0 Å². The van der Waals surface area contributed by atoms with Crippen LogP contribution in [0, 0.1) is 11.3 Å². The number of aliphatic carboxylic acids is 1. The number of alkyl halides is 3. The van der Waals surface area contributed by atoms with E-state index in [1.165, 1.54) is 0 Å². The fourth-order valence-corrected chi connectivity index (χ4v) is 2.72. The molecule has 0 bridgehead atoms. The predicted molar refractivity (Wildman–Crippen MR) is 92.9 cm³/mol. The van der Waals surface area contributed by atoms with Gasteiger partial charge in [0.25, 0.3) is 0 Å². The fraction of sp³-hybridized carbons (Fsp3) is 0.556. The molecule has 2 amide bonds.